The highest BCUT2D eigenvalue weighted by atomic mass is 15.2. The molecule has 2 fully saturated rings. The van der Waals surface area contributed by atoms with Gasteiger partial charge in [-0.25, -0.2) is 0 Å². The van der Waals surface area contributed by atoms with Crippen LogP contribution in [0.15, 0.2) is 0 Å². The van der Waals surface area contributed by atoms with E-state index in [1.807, 2.05) is 0 Å². The summed E-state index contributed by atoms with van der Waals surface area (Å²) in [5.41, 5.74) is 0.282. The van der Waals surface area contributed by atoms with Gasteiger partial charge in [-0.2, -0.15) is 0 Å². The summed E-state index contributed by atoms with van der Waals surface area (Å²) in [6.45, 7) is 7.15. The molecule has 2 rings (SSSR count). The number of nitrogens with one attached hydrogen (secondary N) is 1. The molecule has 1 heterocycles. The first-order valence-electron chi connectivity index (χ1n) is 5.54. The van der Waals surface area contributed by atoms with Crippen LogP contribution >= 0.6 is 0 Å². The summed E-state index contributed by atoms with van der Waals surface area (Å²) in [5, 5.41) is 3.39. The van der Waals surface area contributed by atoms with Crippen molar-refractivity contribution in [1.82, 2.24) is 10.2 Å². The first-order chi connectivity index (χ1) is 6.11. The van der Waals surface area contributed by atoms with E-state index in [0.717, 1.165) is 12.0 Å². The molecule has 2 aliphatic rings. The van der Waals surface area contributed by atoms with Gasteiger partial charge < -0.3 is 5.32 Å². The number of likely N-dealkylation sites (N-methyl/N-ethyl adjacent to an activating group) is 1. The lowest BCUT2D eigenvalue weighted by Crippen LogP contribution is -2.49. The third-order valence-corrected chi connectivity index (χ3v) is 3.80. The molecule has 0 amide bonds. The van der Waals surface area contributed by atoms with Gasteiger partial charge in [-0.15, -0.1) is 0 Å². The van der Waals surface area contributed by atoms with Gasteiger partial charge in [-0.3, -0.25) is 4.90 Å². The highest BCUT2D eigenvalue weighted by Gasteiger charge is 2.39. The molecule has 1 saturated heterocycles. The molecule has 76 valence electrons. The van der Waals surface area contributed by atoms with Crippen LogP contribution in [0.5, 0.6) is 0 Å². The quantitative estimate of drug-likeness (QED) is 0.711. The van der Waals surface area contributed by atoms with Gasteiger partial charge in [0.1, 0.15) is 0 Å². The number of likely N-dealkylation sites (tertiary alicyclic amines) is 1. The monoisotopic (exact) mass is 182 g/mol. The minimum atomic E-state index is 0.282. The van der Waals surface area contributed by atoms with Gasteiger partial charge in [0.2, 0.25) is 0 Å². The summed E-state index contributed by atoms with van der Waals surface area (Å²) in [5.74, 6) is 1.03. The van der Waals surface area contributed by atoms with Crippen LogP contribution in [0.4, 0.5) is 0 Å². The Hall–Kier alpha value is -0.0800. The molecule has 1 aliphatic heterocycles. The van der Waals surface area contributed by atoms with Crippen LogP contribution in [0.2, 0.25) is 0 Å². The van der Waals surface area contributed by atoms with E-state index in [1.165, 1.54) is 32.4 Å². The zero-order valence-electron chi connectivity index (χ0n) is 9.14. The number of hydrogen-bond acceptors (Lipinski definition) is 2. The Morgan fingerprint density at radius 1 is 1.38 bits per heavy atom. The minimum absolute atomic E-state index is 0.282. The van der Waals surface area contributed by atoms with Gasteiger partial charge in [-0.1, -0.05) is 0 Å². The van der Waals surface area contributed by atoms with Crippen molar-refractivity contribution in [3.8, 4) is 0 Å². The van der Waals surface area contributed by atoms with E-state index < -0.39 is 0 Å². The molecule has 2 heteroatoms. The Morgan fingerprint density at radius 3 is 2.62 bits per heavy atom. The Kier molecular flexibility index (Phi) is 2.37. The Bertz CT molecular complexity index is 189. The minimum Gasteiger partial charge on any atom is -0.314 e. The maximum atomic E-state index is 3.39. The van der Waals surface area contributed by atoms with E-state index in [4.69, 9.17) is 0 Å². The molecule has 0 radical (unpaired) electrons. The zero-order valence-corrected chi connectivity index (χ0v) is 9.14. The molecule has 1 N–H and O–H groups in total. The molecule has 1 aliphatic carbocycles. The summed E-state index contributed by atoms with van der Waals surface area (Å²) in [4.78, 5) is 2.69. The fraction of sp³-hybridized carbons (Fsp3) is 1.00. The average Bonchev–Trinajstić information content (AvgIpc) is 2.64. The smallest absolute Gasteiger partial charge is 0.0249 e. The second kappa shape index (κ2) is 3.25. The fourth-order valence-electron chi connectivity index (χ4n) is 2.81. The predicted octanol–water partition coefficient (Wildman–Crippen LogP) is 1.47. The molecule has 2 bridgehead atoms. The molecular formula is C11H22N2. The molecule has 2 nitrogen and oxygen atoms in total. The van der Waals surface area contributed by atoms with Gasteiger partial charge in [0.25, 0.3) is 0 Å². The molecular weight excluding hydrogens is 160 g/mol. The van der Waals surface area contributed by atoms with Crippen LogP contribution in [0.1, 0.15) is 33.1 Å². The molecule has 2 unspecified atom stereocenters. The number of rotatable bonds is 3. The van der Waals surface area contributed by atoms with E-state index >= 15 is 0 Å². The van der Waals surface area contributed by atoms with E-state index in [2.05, 4.69) is 31.1 Å². The third-order valence-electron chi connectivity index (χ3n) is 3.80. The van der Waals surface area contributed by atoms with Crippen LogP contribution in [0, 0.1) is 5.92 Å². The standard InChI is InChI=1S/C11H22N2/c1-11(2,12-3)8-13-7-9-4-5-10(13)6-9/h9-10,12H,4-8H2,1-3H3. The van der Waals surface area contributed by atoms with Crippen LogP contribution in [0.3, 0.4) is 0 Å². The van der Waals surface area contributed by atoms with Crippen molar-refractivity contribution >= 4 is 0 Å². The molecule has 0 spiro atoms. The van der Waals surface area contributed by atoms with Gasteiger partial charge in [0, 0.05) is 24.7 Å². The van der Waals surface area contributed by atoms with Crippen molar-refractivity contribution in [2.45, 2.75) is 44.7 Å². The van der Waals surface area contributed by atoms with Crippen molar-refractivity contribution in [3.05, 3.63) is 0 Å². The fourth-order valence-corrected chi connectivity index (χ4v) is 2.81. The number of nitrogens with zero attached hydrogens (tertiary/aromatic N) is 1. The lowest BCUT2D eigenvalue weighted by atomic mass is 10.0. The molecule has 1 saturated carbocycles. The molecule has 2 atom stereocenters. The van der Waals surface area contributed by atoms with Crippen LogP contribution in [-0.2, 0) is 0 Å². The highest BCUT2D eigenvalue weighted by Crippen LogP contribution is 2.37. The van der Waals surface area contributed by atoms with Crippen LogP contribution in [0.25, 0.3) is 0 Å². The maximum absolute atomic E-state index is 3.39. The Balaban J connectivity index is 1.89. The Morgan fingerprint density at radius 2 is 2.15 bits per heavy atom. The first kappa shape index (κ1) is 9.47. The average molecular weight is 182 g/mol. The second-order valence-corrected chi connectivity index (χ2v) is 5.40. The van der Waals surface area contributed by atoms with Crippen molar-refractivity contribution in [3.63, 3.8) is 0 Å². The molecule has 0 aromatic heterocycles. The van der Waals surface area contributed by atoms with Crippen molar-refractivity contribution in [2.75, 3.05) is 20.1 Å². The first-order valence-corrected chi connectivity index (χ1v) is 5.54. The van der Waals surface area contributed by atoms with E-state index in [0.29, 0.717) is 0 Å². The van der Waals surface area contributed by atoms with Crippen molar-refractivity contribution < 1.29 is 0 Å². The highest BCUT2D eigenvalue weighted by molar-refractivity contribution is 4.95. The summed E-state index contributed by atoms with van der Waals surface area (Å²) in [6, 6.07) is 0.914. The molecule has 0 aromatic rings. The molecule has 13 heavy (non-hydrogen) atoms. The third kappa shape index (κ3) is 1.89. The van der Waals surface area contributed by atoms with E-state index in [1.54, 1.807) is 0 Å². The van der Waals surface area contributed by atoms with Crippen LogP contribution < -0.4 is 5.32 Å². The summed E-state index contributed by atoms with van der Waals surface area (Å²) in [7, 11) is 2.06. The Labute approximate surface area is 81.7 Å². The number of piperidine rings is 1. The topological polar surface area (TPSA) is 15.3 Å². The lowest BCUT2D eigenvalue weighted by Gasteiger charge is -2.35. The molecule has 0 aromatic carbocycles. The largest absolute Gasteiger partial charge is 0.314 e. The van der Waals surface area contributed by atoms with Gasteiger partial charge in [0.15, 0.2) is 0 Å². The van der Waals surface area contributed by atoms with Crippen molar-refractivity contribution in [2.24, 2.45) is 5.92 Å². The second-order valence-electron chi connectivity index (χ2n) is 5.40. The maximum Gasteiger partial charge on any atom is 0.0249 e. The van der Waals surface area contributed by atoms with E-state index in [9.17, 15) is 0 Å². The summed E-state index contributed by atoms with van der Waals surface area (Å²) >= 11 is 0. The summed E-state index contributed by atoms with van der Waals surface area (Å²) in [6.07, 6.45) is 4.41. The summed E-state index contributed by atoms with van der Waals surface area (Å²) < 4.78 is 0. The lowest BCUT2D eigenvalue weighted by molar-refractivity contribution is 0.165. The normalized spacial score (nSPS) is 34.4. The zero-order chi connectivity index (χ0) is 9.47. The van der Waals surface area contributed by atoms with Gasteiger partial charge >= 0.3 is 0 Å². The predicted molar refractivity (Wildman–Crippen MR) is 55.8 cm³/mol. The number of fused-ring (bicyclic) bond motifs is 2. The van der Waals surface area contributed by atoms with E-state index in [-0.39, 0.29) is 5.54 Å². The SMILES string of the molecule is CNC(C)(C)CN1CC2CCC1C2. The van der Waals surface area contributed by atoms with Gasteiger partial charge in [0.05, 0.1) is 0 Å². The van der Waals surface area contributed by atoms with Gasteiger partial charge in [-0.05, 0) is 46.1 Å². The van der Waals surface area contributed by atoms with Crippen molar-refractivity contribution in [1.29, 1.82) is 0 Å². The van der Waals surface area contributed by atoms with Crippen LogP contribution in [-0.4, -0.2) is 36.6 Å². The number of hydrogen-bond donors (Lipinski definition) is 1.